The molecule has 13 heavy (non-hydrogen) atoms. The molecule has 4 heteroatoms. The molecule has 0 aliphatic carbocycles. The molecule has 1 rings (SSSR count). The molecule has 0 saturated heterocycles. The molecule has 0 radical (unpaired) electrons. The third-order valence-electron chi connectivity index (χ3n) is 1.67. The Hall–Kier alpha value is -0.120. The van der Waals surface area contributed by atoms with E-state index in [0.717, 1.165) is 0 Å². The van der Waals surface area contributed by atoms with Gasteiger partial charge in [-0.1, -0.05) is 11.6 Å². The molecular weight excluding hydrogens is 258 g/mol. The van der Waals surface area contributed by atoms with Crippen molar-refractivity contribution in [2.45, 2.75) is 19.4 Å². The Kier molecular flexibility index (Phi) is 3.00. The predicted octanol–water partition coefficient (Wildman–Crippen LogP) is 3.47. The van der Waals surface area contributed by atoms with Crippen molar-refractivity contribution in [2.24, 2.45) is 0 Å². The Morgan fingerprint density at radius 1 is 1.46 bits per heavy atom. The average molecular weight is 268 g/mol. The number of hydrogen-bond donors (Lipinski definition) is 1. The van der Waals surface area contributed by atoms with Crippen molar-refractivity contribution in [1.82, 2.24) is 0 Å². The number of aliphatic hydroxyl groups is 1. The second-order valence-corrected chi connectivity index (χ2v) is 4.57. The maximum absolute atomic E-state index is 12.9. The molecular formula is C9H9BrClFO. The maximum Gasteiger partial charge on any atom is 0.138 e. The van der Waals surface area contributed by atoms with Gasteiger partial charge in [-0.25, -0.2) is 4.39 Å². The van der Waals surface area contributed by atoms with Crippen LogP contribution in [0.3, 0.4) is 0 Å². The van der Waals surface area contributed by atoms with Crippen molar-refractivity contribution in [2.75, 3.05) is 0 Å². The molecule has 0 saturated carbocycles. The molecule has 0 fully saturated rings. The summed E-state index contributed by atoms with van der Waals surface area (Å²) in [6.45, 7) is 3.19. The van der Waals surface area contributed by atoms with Gasteiger partial charge in [0.2, 0.25) is 0 Å². The van der Waals surface area contributed by atoms with Crippen LogP contribution < -0.4 is 0 Å². The van der Waals surface area contributed by atoms with E-state index in [4.69, 9.17) is 11.6 Å². The molecule has 1 nitrogen and oxygen atoms in total. The third kappa shape index (κ3) is 2.42. The number of rotatable bonds is 1. The lowest BCUT2D eigenvalue weighted by molar-refractivity contribution is 0.0786. The van der Waals surface area contributed by atoms with Crippen LogP contribution in [0, 0.1) is 5.82 Å². The lowest BCUT2D eigenvalue weighted by Gasteiger charge is -2.19. The molecule has 72 valence electrons. The van der Waals surface area contributed by atoms with Gasteiger partial charge in [-0.2, -0.15) is 0 Å². The van der Waals surface area contributed by atoms with E-state index in [2.05, 4.69) is 15.9 Å². The maximum atomic E-state index is 12.9. The Labute approximate surface area is 89.7 Å². The van der Waals surface area contributed by atoms with E-state index in [-0.39, 0.29) is 5.02 Å². The molecule has 0 heterocycles. The summed E-state index contributed by atoms with van der Waals surface area (Å²) in [5.74, 6) is -0.432. The van der Waals surface area contributed by atoms with Crippen LogP contribution in [-0.2, 0) is 5.60 Å². The molecule has 0 atom stereocenters. The van der Waals surface area contributed by atoms with Crippen LogP contribution in [0.1, 0.15) is 19.4 Å². The SMILES string of the molecule is CC(C)(O)c1cc(Br)c(F)cc1Cl. The minimum atomic E-state index is -1.06. The quantitative estimate of drug-likeness (QED) is 0.773. The minimum Gasteiger partial charge on any atom is -0.386 e. The van der Waals surface area contributed by atoms with Crippen molar-refractivity contribution in [3.63, 3.8) is 0 Å². The largest absolute Gasteiger partial charge is 0.386 e. The highest BCUT2D eigenvalue weighted by atomic mass is 79.9. The third-order valence-corrected chi connectivity index (χ3v) is 2.59. The van der Waals surface area contributed by atoms with Gasteiger partial charge in [-0.3, -0.25) is 0 Å². The molecule has 0 aromatic heterocycles. The van der Waals surface area contributed by atoms with Crippen LogP contribution in [0.2, 0.25) is 5.02 Å². The van der Waals surface area contributed by atoms with Crippen LogP contribution in [-0.4, -0.2) is 5.11 Å². The van der Waals surface area contributed by atoms with Gasteiger partial charge in [0.05, 0.1) is 10.1 Å². The monoisotopic (exact) mass is 266 g/mol. The summed E-state index contributed by atoms with van der Waals surface area (Å²) < 4.78 is 13.2. The zero-order valence-corrected chi connectivity index (χ0v) is 9.58. The summed E-state index contributed by atoms with van der Waals surface area (Å²) in [6.07, 6.45) is 0. The summed E-state index contributed by atoms with van der Waals surface area (Å²) in [5.41, 5.74) is -0.560. The highest BCUT2D eigenvalue weighted by Gasteiger charge is 2.20. The van der Waals surface area contributed by atoms with Crippen molar-refractivity contribution in [3.8, 4) is 0 Å². The standard InChI is InChI=1S/C9H9BrClFO/c1-9(2,13)5-3-6(10)8(12)4-7(5)11/h3-4,13H,1-2H3. The van der Waals surface area contributed by atoms with Gasteiger partial charge >= 0.3 is 0 Å². The normalized spacial score (nSPS) is 11.8. The fourth-order valence-corrected chi connectivity index (χ4v) is 1.72. The predicted molar refractivity (Wildman–Crippen MR) is 54.4 cm³/mol. The van der Waals surface area contributed by atoms with E-state index in [1.165, 1.54) is 12.1 Å². The Balaban J connectivity index is 3.32. The van der Waals surface area contributed by atoms with Gasteiger partial charge < -0.3 is 5.11 Å². The summed E-state index contributed by atoms with van der Waals surface area (Å²) in [4.78, 5) is 0. The van der Waals surface area contributed by atoms with Crippen molar-refractivity contribution in [1.29, 1.82) is 0 Å². The number of hydrogen-bond acceptors (Lipinski definition) is 1. The summed E-state index contributed by atoms with van der Waals surface area (Å²) in [7, 11) is 0. The first-order chi connectivity index (χ1) is 5.82. The lowest BCUT2D eigenvalue weighted by Crippen LogP contribution is -2.16. The zero-order chi connectivity index (χ0) is 10.2. The van der Waals surface area contributed by atoms with Crippen molar-refractivity contribution < 1.29 is 9.50 Å². The molecule has 1 aromatic carbocycles. The number of benzene rings is 1. The van der Waals surface area contributed by atoms with Crippen molar-refractivity contribution >= 4 is 27.5 Å². The number of halogens is 3. The van der Waals surface area contributed by atoms with Gasteiger partial charge in [0, 0.05) is 10.6 Å². The van der Waals surface area contributed by atoms with Gasteiger partial charge in [0.25, 0.3) is 0 Å². The second kappa shape index (κ2) is 3.56. The van der Waals surface area contributed by atoms with Gasteiger partial charge in [-0.05, 0) is 41.9 Å². The summed E-state index contributed by atoms with van der Waals surface area (Å²) in [5, 5.41) is 9.89. The molecule has 0 unspecified atom stereocenters. The minimum absolute atomic E-state index is 0.230. The summed E-state index contributed by atoms with van der Waals surface area (Å²) in [6, 6.07) is 2.66. The fourth-order valence-electron chi connectivity index (χ4n) is 0.991. The van der Waals surface area contributed by atoms with E-state index in [9.17, 15) is 9.50 Å². The zero-order valence-electron chi connectivity index (χ0n) is 7.24. The fraction of sp³-hybridized carbons (Fsp3) is 0.333. The first-order valence-electron chi connectivity index (χ1n) is 3.70. The topological polar surface area (TPSA) is 20.2 Å². The molecule has 1 aromatic rings. The smallest absolute Gasteiger partial charge is 0.138 e. The molecule has 0 aliphatic rings. The van der Waals surface area contributed by atoms with E-state index >= 15 is 0 Å². The van der Waals surface area contributed by atoms with Crippen LogP contribution in [0.15, 0.2) is 16.6 Å². The Bertz CT molecular complexity index is 333. The molecule has 0 aliphatic heterocycles. The first-order valence-corrected chi connectivity index (χ1v) is 4.87. The van der Waals surface area contributed by atoms with Crippen molar-refractivity contribution in [3.05, 3.63) is 33.0 Å². The molecule has 0 spiro atoms. The van der Waals surface area contributed by atoms with Crippen LogP contribution in [0.4, 0.5) is 4.39 Å². The van der Waals surface area contributed by atoms with Gasteiger partial charge in [0.1, 0.15) is 5.82 Å². The van der Waals surface area contributed by atoms with E-state index in [1.54, 1.807) is 13.8 Å². The van der Waals surface area contributed by atoms with E-state index in [0.29, 0.717) is 10.0 Å². The highest BCUT2D eigenvalue weighted by Crippen LogP contribution is 2.31. The molecule has 1 N–H and O–H groups in total. The molecule has 0 bridgehead atoms. The highest BCUT2D eigenvalue weighted by molar-refractivity contribution is 9.10. The van der Waals surface area contributed by atoms with Gasteiger partial charge in [-0.15, -0.1) is 0 Å². The van der Waals surface area contributed by atoms with Crippen LogP contribution in [0.25, 0.3) is 0 Å². The summed E-state index contributed by atoms with van der Waals surface area (Å²) >= 11 is 8.79. The van der Waals surface area contributed by atoms with E-state index in [1.807, 2.05) is 0 Å². The first kappa shape index (κ1) is 11.0. The van der Waals surface area contributed by atoms with Crippen LogP contribution in [0.5, 0.6) is 0 Å². The Morgan fingerprint density at radius 2 is 2.00 bits per heavy atom. The van der Waals surface area contributed by atoms with Crippen LogP contribution >= 0.6 is 27.5 Å². The Morgan fingerprint density at radius 3 is 2.46 bits per heavy atom. The lowest BCUT2D eigenvalue weighted by atomic mass is 9.98. The van der Waals surface area contributed by atoms with E-state index < -0.39 is 11.4 Å². The van der Waals surface area contributed by atoms with Gasteiger partial charge in [0.15, 0.2) is 0 Å². The second-order valence-electron chi connectivity index (χ2n) is 3.31. The molecule has 0 amide bonds. The average Bonchev–Trinajstić information content (AvgIpc) is 1.94.